The average molecular weight is 285 g/mol. The molecule has 109 valence electrons. The Morgan fingerprint density at radius 3 is 2.48 bits per heavy atom. The summed E-state index contributed by atoms with van der Waals surface area (Å²) in [6.07, 6.45) is 0.803. The second-order valence-electron chi connectivity index (χ2n) is 4.56. The maximum atomic E-state index is 10.6. The van der Waals surface area contributed by atoms with Crippen LogP contribution in [0.4, 0.5) is 5.69 Å². The predicted molar refractivity (Wildman–Crippen MR) is 80.3 cm³/mol. The maximum Gasteiger partial charge on any atom is 0.269 e. The number of nitro groups is 1. The second kappa shape index (κ2) is 7.40. The first-order chi connectivity index (χ1) is 10.2. The van der Waals surface area contributed by atoms with Gasteiger partial charge in [0.2, 0.25) is 0 Å². The van der Waals surface area contributed by atoms with E-state index in [0.717, 1.165) is 6.42 Å². The maximum absolute atomic E-state index is 10.6. The van der Waals surface area contributed by atoms with Crippen LogP contribution < -0.4 is 10.1 Å². The first-order valence-electron chi connectivity index (χ1n) is 6.71. The number of non-ortho nitro benzene ring substituents is 1. The molecule has 0 saturated heterocycles. The Bertz CT molecular complexity index is 570. The Balaban J connectivity index is 1.87. The fraction of sp³-hybridized carbons (Fsp3) is 0.250. The Morgan fingerprint density at radius 1 is 1.24 bits per heavy atom. The highest BCUT2D eigenvalue weighted by Crippen LogP contribution is 2.19. The van der Waals surface area contributed by atoms with Gasteiger partial charge in [0.15, 0.2) is 0 Å². The summed E-state index contributed by atoms with van der Waals surface area (Å²) >= 11 is 0. The quantitative estimate of drug-likeness (QED) is 0.627. The zero-order chi connectivity index (χ0) is 15.1. The molecule has 0 aliphatic carbocycles. The van der Waals surface area contributed by atoms with Crippen LogP contribution in [-0.2, 0) is 0 Å². The molecule has 1 N–H and O–H groups in total. The summed E-state index contributed by atoms with van der Waals surface area (Å²) in [5, 5.41) is 13.8. The number of ether oxygens (including phenoxy) is 1. The van der Waals surface area contributed by atoms with Crippen molar-refractivity contribution < 1.29 is 9.66 Å². The Kier molecular flexibility index (Phi) is 5.29. The molecular weight excluding hydrogens is 268 g/mol. The van der Waals surface area contributed by atoms with E-state index in [0.29, 0.717) is 12.4 Å². The number of rotatable bonds is 7. The number of hydrogen-bond donors (Lipinski definition) is 1. The minimum absolute atomic E-state index is 0.0657. The normalized spacial score (nSPS) is 11.9. The van der Waals surface area contributed by atoms with E-state index in [1.165, 1.54) is 17.7 Å². The third-order valence-electron chi connectivity index (χ3n) is 3.22. The molecule has 5 heteroatoms. The van der Waals surface area contributed by atoms with Crippen LogP contribution in [0.15, 0.2) is 48.5 Å². The molecule has 0 aliphatic heterocycles. The molecule has 0 aliphatic rings. The van der Waals surface area contributed by atoms with E-state index in [2.05, 4.69) is 11.4 Å². The van der Waals surface area contributed by atoms with Crippen molar-refractivity contribution in [1.82, 2.24) is 5.32 Å². The summed E-state index contributed by atoms with van der Waals surface area (Å²) in [5.41, 5.74) is 1.25. The van der Waals surface area contributed by atoms with Gasteiger partial charge in [0.05, 0.1) is 11.5 Å². The van der Waals surface area contributed by atoms with Crippen molar-refractivity contribution in [2.24, 2.45) is 0 Å². The van der Waals surface area contributed by atoms with E-state index in [1.807, 2.05) is 31.3 Å². The van der Waals surface area contributed by atoms with Gasteiger partial charge in [-0.05, 0) is 30.8 Å². The van der Waals surface area contributed by atoms with Crippen molar-refractivity contribution in [2.45, 2.75) is 12.5 Å². The van der Waals surface area contributed by atoms with Crippen LogP contribution in [0.1, 0.15) is 18.0 Å². The van der Waals surface area contributed by atoms with Gasteiger partial charge < -0.3 is 10.1 Å². The Labute approximate surface area is 123 Å². The lowest BCUT2D eigenvalue weighted by molar-refractivity contribution is -0.384. The Hall–Kier alpha value is -2.40. The molecule has 1 atom stereocenters. The van der Waals surface area contributed by atoms with Crippen LogP contribution in [0.25, 0.3) is 0 Å². The van der Waals surface area contributed by atoms with Gasteiger partial charge in [0.1, 0.15) is 5.75 Å². The number of benzene rings is 2. The Morgan fingerprint density at radius 2 is 1.90 bits per heavy atom. The molecule has 2 aromatic rings. The SMILES string of the molecule is CN[C@@H](CCOc1ccc([N+](=O)[O-])cc1)c1cc[c]cc1. The highest BCUT2D eigenvalue weighted by molar-refractivity contribution is 5.35. The molecule has 1 radical (unpaired) electrons. The topological polar surface area (TPSA) is 64.4 Å². The minimum Gasteiger partial charge on any atom is -0.494 e. The third kappa shape index (κ3) is 4.29. The van der Waals surface area contributed by atoms with Gasteiger partial charge in [0, 0.05) is 24.6 Å². The molecule has 21 heavy (non-hydrogen) atoms. The largest absolute Gasteiger partial charge is 0.494 e. The van der Waals surface area contributed by atoms with Gasteiger partial charge in [-0.1, -0.05) is 24.3 Å². The van der Waals surface area contributed by atoms with E-state index in [9.17, 15) is 10.1 Å². The van der Waals surface area contributed by atoms with E-state index in [1.54, 1.807) is 12.1 Å². The molecule has 0 heterocycles. The van der Waals surface area contributed by atoms with Crippen LogP contribution >= 0.6 is 0 Å². The molecule has 0 amide bonds. The first kappa shape index (κ1) is 15.0. The van der Waals surface area contributed by atoms with Gasteiger partial charge in [-0.15, -0.1) is 0 Å². The zero-order valence-corrected chi connectivity index (χ0v) is 11.8. The number of hydrogen-bond acceptors (Lipinski definition) is 4. The van der Waals surface area contributed by atoms with Crippen molar-refractivity contribution in [3.8, 4) is 5.75 Å². The number of nitrogens with one attached hydrogen (secondary N) is 1. The lowest BCUT2D eigenvalue weighted by Crippen LogP contribution is -2.19. The van der Waals surface area contributed by atoms with Gasteiger partial charge in [-0.3, -0.25) is 10.1 Å². The zero-order valence-electron chi connectivity index (χ0n) is 11.8. The van der Waals surface area contributed by atoms with Gasteiger partial charge in [-0.25, -0.2) is 0 Å². The first-order valence-corrected chi connectivity index (χ1v) is 6.71. The summed E-state index contributed by atoms with van der Waals surface area (Å²) in [7, 11) is 1.91. The fourth-order valence-electron chi connectivity index (χ4n) is 2.07. The van der Waals surface area contributed by atoms with Crippen molar-refractivity contribution in [3.63, 3.8) is 0 Å². The van der Waals surface area contributed by atoms with Gasteiger partial charge in [-0.2, -0.15) is 0 Å². The molecule has 2 aromatic carbocycles. The summed E-state index contributed by atoms with van der Waals surface area (Å²) in [6.45, 7) is 0.530. The monoisotopic (exact) mass is 285 g/mol. The van der Waals surface area contributed by atoms with Crippen LogP contribution in [0.2, 0.25) is 0 Å². The van der Waals surface area contributed by atoms with Gasteiger partial charge >= 0.3 is 0 Å². The van der Waals surface area contributed by atoms with E-state index in [4.69, 9.17) is 4.74 Å². The van der Waals surface area contributed by atoms with E-state index in [-0.39, 0.29) is 11.7 Å². The molecule has 5 nitrogen and oxygen atoms in total. The highest BCUT2D eigenvalue weighted by atomic mass is 16.6. The molecular formula is C16H17N2O3. The average Bonchev–Trinajstić information content (AvgIpc) is 2.53. The molecule has 0 fully saturated rings. The van der Waals surface area contributed by atoms with Crippen LogP contribution in [0.5, 0.6) is 5.75 Å². The number of nitrogens with zero attached hydrogens (tertiary/aromatic N) is 1. The smallest absolute Gasteiger partial charge is 0.269 e. The third-order valence-corrected chi connectivity index (χ3v) is 3.22. The second-order valence-corrected chi connectivity index (χ2v) is 4.56. The molecule has 0 saturated carbocycles. The predicted octanol–water partition coefficient (Wildman–Crippen LogP) is 3.12. The summed E-state index contributed by atoms with van der Waals surface area (Å²) in [5.74, 6) is 0.636. The number of nitro benzene ring substituents is 1. The molecule has 0 spiro atoms. The van der Waals surface area contributed by atoms with E-state index < -0.39 is 4.92 Å². The highest BCUT2D eigenvalue weighted by Gasteiger charge is 2.09. The summed E-state index contributed by atoms with van der Waals surface area (Å²) < 4.78 is 5.62. The van der Waals surface area contributed by atoms with Crippen molar-refractivity contribution in [3.05, 3.63) is 70.3 Å². The summed E-state index contributed by atoms with van der Waals surface area (Å²) in [4.78, 5) is 10.1. The van der Waals surface area contributed by atoms with Crippen LogP contribution in [0, 0.1) is 16.2 Å². The molecule has 0 bridgehead atoms. The van der Waals surface area contributed by atoms with Crippen LogP contribution in [-0.4, -0.2) is 18.6 Å². The van der Waals surface area contributed by atoms with Crippen LogP contribution in [0.3, 0.4) is 0 Å². The van der Waals surface area contributed by atoms with E-state index >= 15 is 0 Å². The summed E-state index contributed by atoms with van der Waals surface area (Å²) in [6, 6.07) is 17.1. The van der Waals surface area contributed by atoms with Gasteiger partial charge in [0.25, 0.3) is 5.69 Å². The van der Waals surface area contributed by atoms with Crippen molar-refractivity contribution in [1.29, 1.82) is 0 Å². The lowest BCUT2D eigenvalue weighted by Gasteiger charge is -2.16. The van der Waals surface area contributed by atoms with Crippen molar-refractivity contribution >= 4 is 5.69 Å². The van der Waals surface area contributed by atoms with Crippen molar-refractivity contribution in [2.75, 3.05) is 13.7 Å². The lowest BCUT2D eigenvalue weighted by atomic mass is 10.0. The standard InChI is InChI=1S/C16H17N2O3/c1-17-16(13-5-3-2-4-6-13)11-12-21-15-9-7-14(8-10-15)18(19)20/h3-10,16-17H,11-12H2,1H3/t16-/m0/s1. The minimum atomic E-state index is -0.423. The molecule has 2 rings (SSSR count). The molecule has 0 aromatic heterocycles. The fourth-order valence-corrected chi connectivity index (χ4v) is 2.07. The molecule has 0 unspecified atom stereocenters.